The van der Waals surface area contributed by atoms with E-state index in [9.17, 15) is 4.79 Å². The molecule has 1 aliphatic heterocycles. The minimum Gasteiger partial charge on any atom is -0.493 e. The normalized spacial score (nSPS) is 12.2. The molecule has 0 unspecified atom stereocenters. The first-order chi connectivity index (χ1) is 14.6. The maximum Gasteiger partial charge on any atom is 0.322 e. The fourth-order valence-corrected chi connectivity index (χ4v) is 2.88. The molecular formula is C21H19N3O6. The van der Waals surface area contributed by atoms with Crippen LogP contribution in [0.15, 0.2) is 46.9 Å². The largest absolute Gasteiger partial charge is 0.493 e. The molecule has 9 nitrogen and oxygen atoms in total. The van der Waals surface area contributed by atoms with Crippen LogP contribution in [0, 0.1) is 0 Å². The Labute approximate surface area is 172 Å². The molecule has 0 spiro atoms. The number of carbonyl (C=O) groups excluding carboxylic acids is 1. The van der Waals surface area contributed by atoms with Gasteiger partial charge in [0.15, 0.2) is 23.0 Å². The highest BCUT2D eigenvalue weighted by atomic mass is 16.7. The van der Waals surface area contributed by atoms with E-state index >= 15 is 0 Å². The van der Waals surface area contributed by atoms with E-state index in [1.807, 2.05) is 18.2 Å². The van der Waals surface area contributed by atoms with Gasteiger partial charge in [0.05, 0.1) is 20.6 Å². The lowest BCUT2D eigenvalue weighted by Crippen LogP contribution is -2.07. The number of hydrogen-bond acceptors (Lipinski definition) is 8. The van der Waals surface area contributed by atoms with E-state index in [1.54, 1.807) is 38.5 Å². The molecule has 0 saturated carbocycles. The summed E-state index contributed by atoms with van der Waals surface area (Å²) >= 11 is 0. The van der Waals surface area contributed by atoms with Crippen molar-refractivity contribution in [3.05, 3.63) is 59.5 Å². The van der Waals surface area contributed by atoms with E-state index < -0.39 is 5.91 Å². The third-order valence-corrected chi connectivity index (χ3v) is 4.32. The number of amides is 1. The maximum absolute atomic E-state index is 12.1. The highest BCUT2D eigenvalue weighted by Crippen LogP contribution is 2.33. The van der Waals surface area contributed by atoms with Gasteiger partial charge in [-0.05, 0) is 41.5 Å². The van der Waals surface area contributed by atoms with Crippen LogP contribution < -0.4 is 24.3 Å². The molecule has 4 rings (SSSR count). The van der Waals surface area contributed by atoms with Gasteiger partial charge in [-0.1, -0.05) is 17.2 Å². The van der Waals surface area contributed by atoms with Gasteiger partial charge in [-0.25, -0.2) is 0 Å². The summed E-state index contributed by atoms with van der Waals surface area (Å²) in [5, 5.41) is 10.4. The van der Waals surface area contributed by atoms with Gasteiger partial charge in [0.1, 0.15) is 0 Å². The SMILES string of the molecule is COc1ccc(C=CC(=O)Nc2nnc(Cc3ccc4c(c3)OCO4)o2)cc1OC. The summed E-state index contributed by atoms with van der Waals surface area (Å²) in [6.07, 6.45) is 3.41. The number of anilines is 1. The lowest BCUT2D eigenvalue weighted by molar-refractivity contribution is -0.112. The second kappa shape index (κ2) is 8.56. The van der Waals surface area contributed by atoms with E-state index in [-0.39, 0.29) is 12.8 Å². The lowest BCUT2D eigenvalue weighted by Gasteiger charge is -2.07. The van der Waals surface area contributed by atoms with Crippen molar-refractivity contribution in [2.24, 2.45) is 0 Å². The van der Waals surface area contributed by atoms with Crippen molar-refractivity contribution in [2.75, 3.05) is 26.3 Å². The van der Waals surface area contributed by atoms with Crippen LogP contribution in [0.5, 0.6) is 23.0 Å². The van der Waals surface area contributed by atoms with Crippen LogP contribution in [0.4, 0.5) is 6.01 Å². The average Bonchev–Trinajstić information content (AvgIpc) is 3.41. The van der Waals surface area contributed by atoms with E-state index in [2.05, 4.69) is 15.5 Å². The van der Waals surface area contributed by atoms with Crippen molar-refractivity contribution in [1.29, 1.82) is 0 Å². The summed E-state index contributed by atoms with van der Waals surface area (Å²) in [4.78, 5) is 12.1. The van der Waals surface area contributed by atoms with Crippen LogP contribution in [0.3, 0.4) is 0 Å². The first kappa shape index (κ1) is 19.3. The minimum absolute atomic E-state index is 0.0210. The smallest absolute Gasteiger partial charge is 0.322 e. The Balaban J connectivity index is 1.36. The molecule has 154 valence electrons. The third-order valence-electron chi connectivity index (χ3n) is 4.32. The molecule has 0 fully saturated rings. The van der Waals surface area contributed by atoms with Gasteiger partial charge in [0.25, 0.3) is 5.91 Å². The Bertz CT molecular complexity index is 1090. The van der Waals surface area contributed by atoms with E-state index in [1.165, 1.54) is 6.08 Å². The van der Waals surface area contributed by atoms with Crippen LogP contribution in [-0.2, 0) is 11.2 Å². The average molecular weight is 409 g/mol. The minimum atomic E-state index is -0.400. The Morgan fingerprint density at radius 3 is 2.73 bits per heavy atom. The second-order valence-corrected chi connectivity index (χ2v) is 6.30. The van der Waals surface area contributed by atoms with Gasteiger partial charge in [-0.3, -0.25) is 10.1 Å². The number of nitrogens with zero attached hydrogens (tertiary/aromatic N) is 2. The summed E-state index contributed by atoms with van der Waals surface area (Å²) < 4.78 is 26.6. The molecule has 2 heterocycles. The quantitative estimate of drug-likeness (QED) is 0.594. The van der Waals surface area contributed by atoms with Crippen LogP contribution in [0.25, 0.3) is 6.08 Å². The number of aromatic nitrogens is 2. The maximum atomic E-state index is 12.1. The van der Waals surface area contributed by atoms with Crippen LogP contribution in [0.2, 0.25) is 0 Å². The van der Waals surface area contributed by atoms with Crippen molar-refractivity contribution in [3.8, 4) is 23.0 Å². The van der Waals surface area contributed by atoms with Gasteiger partial charge in [0, 0.05) is 6.08 Å². The molecule has 0 aliphatic carbocycles. The molecule has 9 heteroatoms. The molecule has 0 bridgehead atoms. The number of ether oxygens (including phenoxy) is 4. The Hall–Kier alpha value is -4.01. The van der Waals surface area contributed by atoms with Gasteiger partial charge in [0.2, 0.25) is 12.7 Å². The number of rotatable bonds is 7. The molecule has 1 aromatic heterocycles. The van der Waals surface area contributed by atoms with Gasteiger partial charge >= 0.3 is 6.01 Å². The van der Waals surface area contributed by atoms with Gasteiger partial charge < -0.3 is 23.4 Å². The molecule has 1 N–H and O–H groups in total. The molecule has 30 heavy (non-hydrogen) atoms. The standard InChI is InChI=1S/C21H19N3O6/c1-26-15-6-3-13(9-17(15)27-2)5-8-19(25)22-21-24-23-20(30-21)11-14-4-7-16-18(10-14)29-12-28-16/h3-10H,11-12H2,1-2H3,(H,22,24,25). The molecule has 0 atom stereocenters. The zero-order valence-corrected chi connectivity index (χ0v) is 16.4. The van der Waals surface area contributed by atoms with E-state index in [0.29, 0.717) is 35.3 Å². The summed E-state index contributed by atoms with van der Waals surface area (Å²) in [5.41, 5.74) is 1.70. The van der Waals surface area contributed by atoms with Gasteiger partial charge in [-0.15, -0.1) is 5.10 Å². The summed E-state index contributed by atoms with van der Waals surface area (Å²) in [6, 6.07) is 10.9. The Morgan fingerprint density at radius 2 is 1.90 bits per heavy atom. The number of carbonyl (C=O) groups is 1. The summed E-state index contributed by atoms with van der Waals surface area (Å²) in [7, 11) is 3.11. The molecular weight excluding hydrogens is 390 g/mol. The van der Waals surface area contributed by atoms with Crippen molar-refractivity contribution < 1.29 is 28.2 Å². The number of hydrogen-bond donors (Lipinski definition) is 1. The number of nitrogens with one attached hydrogen (secondary N) is 1. The zero-order chi connectivity index (χ0) is 20.9. The highest BCUT2D eigenvalue weighted by molar-refractivity contribution is 6.00. The molecule has 1 aliphatic rings. The monoisotopic (exact) mass is 409 g/mol. The van der Waals surface area contributed by atoms with Crippen LogP contribution in [-0.4, -0.2) is 37.1 Å². The van der Waals surface area contributed by atoms with Crippen molar-refractivity contribution in [3.63, 3.8) is 0 Å². The van der Waals surface area contributed by atoms with Crippen LogP contribution >= 0.6 is 0 Å². The summed E-state index contributed by atoms with van der Waals surface area (Å²) in [6.45, 7) is 0.215. The topological polar surface area (TPSA) is 105 Å². The number of fused-ring (bicyclic) bond motifs is 1. The van der Waals surface area contributed by atoms with E-state index in [0.717, 1.165) is 11.1 Å². The van der Waals surface area contributed by atoms with Crippen molar-refractivity contribution in [2.45, 2.75) is 6.42 Å². The number of benzene rings is 2. The lowest BCUT2D eigenvalue weighted by atomic mass is 10.1. The van der Waals surface area contributed by atoms with Crippen LogP contribution in [0.1, 0.15) is 17.0 Å². The predicted molar refractivity (Wildman–Crippen MR) is 107 cm³/mol. The second-order valence-electron chi connectivity index (χ2n) is 6.30. The molecule has 2 aromatic carbocycles. The first-order valence-corrected chi connectivity index (χ1v) is 9.06. The van der Waals surface area contributed by atoms with E-state index in [4.69, 9.17) is 23.4 Å². The zero-order valence-electron chi connectivity index (χ0n) is 16.4. The van der Waals surface area contributed by atoms with Gasteiger partial charge in [-0.2, -0.15) is 0 Å². The fraction of sp³-hybridized carbons (Fsp3) is 0.190. The highest BCUT2D eigenvalue weighted by Gasteiger charge is 2.15. The third kappa shape index (κ3) is 4.35. The summed E-state index contributed by atoms with van der Waals surface area (Å²) in [5.74, 6) is 2.54. The molecule has 1 amide bonds. The van der Waals surface area contributed by atoms with Crippen molar-refractivity contribution >= 4 is 18.0 Å². The number of methoxy groups -OCH3 is 2. The molecule has 0 saturated heterocycles. The fourth-order valence-electron chi connectivity index (χ4n) is 2.88. The molecule has 3 aromatic rings. The Morgan fingerprint density at radius 1 is 1.07 bits per heavy atom. The van der Waals surface area contributed by atoms with Crippen molar-refractivity contribution in [1.82, 2.24) is 10.2 Å². The first-order valence-electron chi connectivity index (χ1n) is 9.06. The Kier molecular flexibility index (Phi) is 5.51. The predicted octanol–water partition coefficient (Wildman–Crippen LogP) is 3.06. The molecule has 0 radical (unpaired) electrons.